The summed E-state index contributed by atoms with van der Waals surface area (Å²) in [5, 5.41) is 21.9. The Kier molecular flexibility index (Phi) is 8.46. The number of rotatable bonds is 9. The van der Waals surface area contributed by atoms with Gasteiger partial charge in [-0.2, -0.15) is 0 Å². The van der Waals surface area contributed by atoms with E-state index < -0.39 is 6.29 Å². The van der Waals surface area contributed by atoms with Crippen LogP contribution in [-0.2, 0) is 29.7 Å². The summed E-state index contributed by atoms with van der Waals surface area (Å²) in [6, 6.07) is 30.5. The molecule has 0 bridgehead atoms. The zero-order valence-corrected chi connectivity index (χ0v) is 25.8. The summed E-state index contributed by atoms with van der Waals surface area (Å²) in [5.41, 5.74) is 6.36. The van der Waals surface area contributed by atoms with Crippen molar-refractivity contribution in [2.45, 2.75) is 43.2 Å². The van der Waals surface area contributed by atoms with Crippen LogP contribution < -0.4 is 0 Å². The van der Waals surface area contributed by atoms with Gasteiger partial charge in [0.25, 0.3) is 11.8 Å². The summed E-state index contributed by atoms with van der Waals surface area (Å²) in [7, 11) is 1.81. The van der Waals surface area contributed by atoms with Crippen molar-refractivity contribution in [3.8, 4) is 11.1 Å². The van der Waals surface area contributed by atoms with E-state index in [1.54, 1.807) is 36.0 Å². The van der Waals surface area contributed by atoms with Crippen molar-refractivity contribution in [1.29, 1.82) is 0 Å². The lowest BCUT2D eigenvalue weighted by Crippen LogP contribution is -2.31. The highest BCUT2D eigenvalue weighted by atomic mass is 32.2. The monoisotopic (exact) mass is 633 g/mol. The number of hydrogen-bond acceptors (Lipinski definition) is 9. The smallest absolute Gasteiger partial charge is 0.261 e. The van der Waals surface area contributed by atoms with E-state index in [0.717, 1.165) is 33.4 Å². The number of carbonyl (C=O) groups excluding carboxylic acids is 2. The Bertz CT molecular complexity index is 1840. The molecular weight excluding hydrogens is 602 g/mol. The van der Waals surface area contributed by atoms with Gasteiger partial charge in [0.15, 0.2) is 6.29 Å². The average molecular weight is 634 g/mol. The lowest BCUT2D eigenvalue weighted by Gasteiger charge is -2.36. The first kappa shape index (κ1) is 30.0. The second-order valence-corrected chi connectivity index (χ2v) is 12.3. The fourth-order valence-corrected chi connectivity index (χ4v) is 6.71. The molecule has 3 atom stereocenters. The second-order valence-electron chi connectivity index (χ2n) is 11.3. The van der Waals surface area contributed by atoms with Gasteiger partial charge in [0, 0.05) is 24.8 Å². The SMILES string of the molecule is Cn1nnnc1SC[C@@H]1C[C@H](c2ccc(CO)cc2)O[C@H](c2ccc(-c3ccccc3CN3C(=O)c4ccccc4C3=O)cc2)O1. The molecule has 2 aliphatic rings. The number of benzene rings is 4. The molecule has 232 valence electrons. The third kappa shape index (κ3) is 5.97. The van der Waals surface area contributed by atoms with Crippen molar-refractivity contribution in [3.05, 3.63) is 130 Å². The first-order valence-electron chi connectivity index (χ1n) is 15.0. The van der Waals surface area contributed by atoms with Crippen molar-refractivity contribution in [2.75, 3.05) is 5.75 Å². The van der Waals surface area contributed by atoms with Gasteiger partial charge in [-0.25, -0.2) is 4.68 Å². The maximum atomic E-state index is 13.1. The van der Waals surface area contributed by atoms with E-state index in [1.165, 1.54) is 16.7 Å². The first-order chi connectivity index (χ1) is 22.5. The van der Waals surface area contributed by atoms with Crippen LogP contribution in [0.1, 0.15) is 61.8 Å². The van der Waals surface area contributed by atoms with Crippen LogP contribution in [0.2, 0.25) is 0 Å². The number of ether oxygens (including phenoxy) is 2. The number of thioether (sulfide) groups is 1. The van der Waals surface area contributed by atoms with Crippen LogP contribution in [0.25, 0.3) is 11.1 Å². The van der Waals surface area contributed by atoms with Crippen LogP contribution >= 0.6 is 11.8 Å². The molecule has 5 aromatic rings. The molecule has 0 saturated carbocycles. The quantitative estimate of drug-likeness (QED) is 0.166. The van der Waals surface area contributed by atoms with Crippen LogP contribution in [0.4, 0.5) is 0 Å². The van der Waals surface area contributed by atoms with Crippen molar-refractivity contribution < 1.29 is 24.2 Å². The zero-order valence-electron chi connectivity index (χ0n) is 25.0. The fraction of sp³-hybridized carbons (Fsp3) is 0.229. The number of hydrogen-bond donors (Lipinski definition) is 1. The van der Waals surface area contributed by atoms with Gasteiger partial charge < -0.3 is 14.6 Å². The summed E-state index contributed by atoms with van der Waals surface area (Å²) < 4.78 is 14.6. The minimum Gasteiger partial charge on any atom is -0.392 e. The Balaban J connectivity index is 1.11. The van der Waals surface area contributed by atoms with Gasteiger partial charge in [-0.1, -0.05) is 96.7 Å². The van der Waals surface area contributed by atoms with Crippen LogP contribution in [0.3, 0.4) is 0 Å². The van der Waals surface area contributed by atoms with E-state index in [2.05, 4.69) is 15.5 Å². The molecule has 46 heavy (non-hydrogen) atoms. The van der Waals surface area contributed by atoms with E-state index >= 15 is 0 Å². The van der Waals surface area contributed by atoms with Gasteiger partial charge in [0.05, 0.1) is 36.5 Å². The number of aliphatic hydroxyl groups is 1. The standard InChI is InChI=1S/C35H31N5O5S/c1-39-35(36-37-38-39)46-21-27-18-31(24-12-10-22(20-41)11-13-24)45-34(44-27)25-16-14-23(15-17-25)28-7-3-2-6-26(28)19-40-32(42)29-8-4-5-9-30(29)33(40)43/h2-17,27,31,34,41H,18-21H2,1H3/t27-,31+,34+/m0/s1. The predicted molar refractivity (Wildman–Crippen MR) is 170 cm³/mol. The molecule has 7 rings (SSSR count). The molecule has 1 fully saturated rings. The number of aromatic nitrogens is 4. The molecule has 3 heterocycles. The highest BCUT2D eigenvalue weighted by Crippen LogP contribution is 2.40. The van der Waals surface area contributed by atoms with Crippen LogP contribution in [0.15, 0.2) is 102 Å². The molecule has 2 amide bonds. The minimum atomic E-state index is -0.609. The highest BCUT2D eigenvalue weighted by Gasteiger charge is 2.36. The predicted octanol–water partition coefficient (Wildman–Crippen LogP) is 5.50. The van der Waals surface area contributed by atoms with E-state index in [-0.39, 0.29) is 37.2 Å². The van der Waals surface area contributed by atoms with Crippen molar-refractivity contribution in [3.63, 3.8) is 0 Å². The van der Waals surface area contributed by atoms with E-state index in [0.29, 0.717) is 28.5 Å². The molecule has 0 aliphatic carbocycles. The van der Waals surface area contributed by atoms with E-state index in [4.69, 9.17) is 9.47 Å². The molecule has 2 aliphatic heterocycles. The summed E-state index contributed by atoms with van der Waals surface area (Å²) in [4.78, 5) is 27.4. The molecule has 11 heteroatoms. The molecule has 10 nitrogen and oxygen atoms in total. The first-order valence-corrected chi connectivity index (χ1v) is 16.0. The average Bonchev–Trinajstić information content (AvgIpc) is 3.63. The molecule has 1 saturated heterocycles. The normalized spacial score (nSPS) is 19.4. The maximum absolute atomic E-state index is 13.1. The summed E-state index contributed by atoms with van der Waals surface area (Å²) >= 11 is 1.53. The van der Waals surface area contributed by atoms with Gasteiger partial charge in [0.1, 0.15) is 0 Å². The number of aliphatic hydroxyl groups excluding tert-OH is 1. The topological polar surface area (TPSA) is 120 Å². The highest BCUT2D eigenvalue weighted by molar-refractivity contribution is 7.99. The molecule has 1 aromatic heterocycles. The molecule has 0 spiro atoms. The molecular formula is C35H31N5O5S. The van der Waals surface area contributed by atoms with Gasteiger partial charge in [-0.3, -0.25) is 14.5 Å². The third-order valence-electron chi connectivity index (χ3n) is 8.31. The Hall–Kier alpha value is -4.68. The van der Waals surface area contributed by atoms with E-state index in [9.17, 15) is 14.7 Å². The Morgan fingerprint density at radius 3 is 2.13 bits per heavy atom. The van der Waals surface area contributed by atoms with Crippen molar-refractivity contribution in [2.24, 2.45) is 7.05 Å². The lowest BCUT2D eigenvalue weighted by molar-refractivity contribution is -0.245. The maximum Gasteiger partial charge on any atom is 0.261 e. The fourth-order valence-electron chi connectivity index (χ4n) is 5.85. The number of fused-ring (bicyclic) bond motifs is 1. The van der Waals surface area contributed by atoms with Crippen LogP contribution in [-0.4, -0.2) is 53.9 Å². The number of imide groups is 1. The molecule has 4 aromatic carbocycles. The van der Waals surface area contributed by atoms with Gasteiger partial charge in [-0.05, 0) is 50.4 Å². The third-order valence-corrected chi connectivity index (χ3v) is 9.45. The largest absolute Gasteiger partial charge is 0.392 e. The van der Waals surface area contributed by atoms with Gasteiger partial charge >= 0.3 is 0 Å². The zero-order chi connectivity index (χ0) is 31.6. The number of carbonyl (C=O) groups is 2. The molecule has 1 N–H and O–H groups in total. The minimum absolute atomic E-state index is 0.0175. The second kappa shape index (κ2) is 13.0. The summed E-state index contributed by atoms with van der Waals surface area (Å²) in [6.07, 6.45) is -0.309. The Labute approximate surface area is 270 Å². The number of amides is 2. The van der Waals surface area contributed by atoms with Gasteiger partial charge in [-0.15, -0.1) is 5.10 Å². The number of aryl methyl sites for hydroxylation is 1. The number of nitrogens with zero attached hydrogens (tertiary/aromatic N) is 5. The van der Waals surface area contributed by atoms with Gasteiger partial charge in [0.2, 0.25) is 5.16 Å². The molecule has 0 unspecified atom stereocenters. The number of tetrazole rings is 1. The summed E-state index contributed by atoms with van der Waals surface area (Å²) in [5.74, 6) is 0.0878. The van der Waals surface area contributed by atoms with Crippen LogP contribution in [0.5, 0.6) is 0 Å². The lowest BCUT2D eigenvalue weighted by atomic mass is 9.97. The van der Waals surface area contributed by atoms with Crippen LogP contribution in [0, 0.1) is 0 Å². The summed E-state index contributed by atoms with van der Waals surface area (Å²) in [6.45, 7) is 0.159. The Morgan fingerprint density at radius 2 is 1.48 bits per heavy atom. The van der Waals surface area contributed by atoms with Crippen molar-refractivity contribution >= 4 is 23.6 Å². The van der Waals surface area contributed by atoms with E-state index in [1.807, 2.05) is 72.8 Å². The van der Waals surface area contributed by atoms with Crippen molar-refractivity contribution in [1.82, 2.24) is 25.1 Å². The molecule has 0 radical (unpaired) electrons. The Morgan fingerprint density at radius 1 is 0.826 bits per heavy atom.